The van der Waals surface area contributed by atoms with Gasteiger partial charge in [0.2, 0.25) is 0 Å². The summed E-state index contributed by atoms with van der Waals surface area (Å²) in [4.78, 5) is 4.93. The van der Waals surface area contributed by atoms with Crippen molar-refractivity contribution in [2.45, 2.75) is 91.4 Å². The molecule has 1 heteroatoms. The van der Waals surface area contributed by atoms with E-state index in [9.17, 15) is 0 Å². The molecule has 0 bridgehead atoms. The molecule has 1 aromatic heterocycles. The number of rotatable bonds is 4. The molecule has 0 unspecified atom stereocenters. The lowest BCUT2D eigenvalue weighted by Crippen LogP contribution is -2.35. The number of pyridine rings is 1. The Kier molecular flexibility index (Phi) is 12.2. The van der Waals surface area contributed by atoms with Gasteiger partial charge >= 0.3 is 0 Å². The summed E-state index contributed by atoms with van der Waals surface area (Å²) >= 11 is 0. The minimum atomic E-state index is 0.679. The molecule has 1 heterocycles. The third-order valence-corrected chi connectivity index (χ3v) is 5.33. The molecule has 28 heavy (non-hydrogen) atoms. The molecule has 0 aromatic carbocycles. The average molecular weight is 380 g/mol. The highest BCUT2D eigenvalue weighted by Gasteiger charge is 2.17. The van der Waals surface area contributed by atoms with Gasteiger partial charge in [-0.2, -0.15) is 0 Å². The van der Waals surface area contributed by atoms with Crippen molar-refractivity contribution in [2.75, 3.05) is 0 Å². The van der Waals surface area contributed by atoms with Gasteiger partial charge in [0.1, 0.15) is 0 Å². The molecular weight excluding hydrogens is 338 g/mol. The third kappa shape index (κ3) is 6.62. The van der Waals surface area contributed by atoms with E-state index in [0.29, 0.717) is 5.92 Å². The molecule has 2 aliphatic carbocycles. The first-order valence-corrected chi connectivity index (χ1v) is 11.5. The maximum absolute atomic E-state index is 4.93. The van der Waals surface area contributed by atoms with E-state index < -0.39 is 0 Å². The standard InChI is InChI=1S/C23H29N.2C2H6/c1-3-12-18(4-2)23-17-21(19-13-8-6-5-7-9-14-19)20-15-10-11-16-22(20)24-23;2*1-2/h3-4,12,15-17,19H,1-2,5-11,13-14H2;2*1-2H3/b18-12+;;. The quantitative estimate of drug-likeness (QED) is 0.510. The SMILES string of the molecule is C=C/C=C(\C=C)c1cc(C2CCCCCCC2)c2c(n1)=CCCC=2.CC.CC. The molecule has 1 aromatic rings. The van der Waals surface area contributed by atoms with Crippen LogP contribution in [0, 0.1) is 0 Å². The van der Waals surface area contributed by atoms with Crippen molar-refractivity contribution in [3.8, 4) is 0 Å². The number of nitrogens with zero attached hydrogens (tertiary/aromatic N) is 1. The summed E-state index contributed by atoms with van der Waals surface area (Å²) < 4.78 is 0. The van der Waals surface area contributed by atoms with Crippen LogP contribution in [0.25, 0.3) is 17.7 Å². The molecule has 0 amide bonds. The van der Waals surface area contributed by atoms with Gasteiger partial charge in [-0.15, -0.1) is 0 Å². The minimum absolute atomic E-state index is 0.679. The van der Waals surface area contributed by atoms with Crippen molar-refractivity contribution >= 4 is 17.7 Å². The molecule has 0 aliphatic heterocycles. The predicted molar refractivity (Wildman–Crippen MR) is 128 cm³/mol. The van der Waals surface area contributed by atoms with Crippen molar-refractivity contribution in [1.29, 1.82) is 0 Å². The third-order valence-electron chi connectivity index (χ3n) is 5.33. The highest BCUT2D eigenvalue weighted by atomic mass is 14.7. The van der Waals surface area contributed by atoms with Crippen LogP contribution in [0.1, 0.15) is 103 Å². The van der Waals surface area contributed by atoms with Gasteiger partial charge in [-0.05, 0) is 54.0 Å². The second-order valence-electron chi connectivity index (χ2n) is 6.99. The Morgan fingerprint density at radius 3 is 2.14 bits per heavy atom. The fourth-order valence-corrected chi connectivity index (χ4v) is 4.06. The Morgan fingerprint density at radius 2 is 1.54 bits per heavy atom. The number of hydrogen-bond acceptors (Lipinski definition) is 1. The van der Waals surface area contributed by atoms with Gasteiger partial charge in [0.05, 0.1) is 11.0 Å². The Morgan fingerprint density at radius 1 is 0.929 bits per heavy atom. The predicted octanol–water partition coefficient (Wildman–Crippen LogP) is 7.07. The van der Waals surface area contributed by atoms with E-state index >= 15 is 0 Å². The van der Waals surface area contributed by atoms with E-state index in [4.69, 9.17) is 4.98 Å². The summed E-state index contributed by atoms with van der Waals surface area (Å²) in [6.07, 6.45) is 22.2. The first-order chi connectivity index (χ1) is 13.8. The maximum Gasteiger partial charge on any atom is 0.0712 e. The fraction of sp³-hybridized carbons (Fsp3) is 0.519. The van der Waals surface area contributed by atoms with E-state index in [1.54, 1.807) is 0 Å². The van der Waals surface area contributed by atoms with E-state index in [2.05, 4.69) is 31.4 Å². The monoisotopic (exact) mass is 379 g/mol. The summed E-state index contributed by atoms with van der Waals surface area (Å²) in [6.45, 7) is 15.8. The lowest BCUT2D eigenvalue weighted by molar-refractivity contribution is 0.454. The van der Waals surface area contributed by atoms with Gasteiger partial charge in [-0.25, -0.2) is 4.98 Å². The molecule has 2 aliphatic rings. The summed E-state index contributed by atoms with van der Waals surface area (Å²) in [5.41, 5.74) is 3.63. The van der Waals surface area contributed by atoms with Gasteiger partial charge < -0.3 is 0 Å². The molecule has 0 atom stereocenters. The van der Waals surface area contributed by atoms with Crippen LogP contribution >= 0.6 is 0 Å². The molecule has 1 nitrogen and oxygen atoms in total. The largest absolute Gasteiger partial charge is 0.248 e. The van der Waals surface area contributed by atoms with Crippen molar-refractivity contribution < 1.29 is 0 Å². The van der Waals surface area contributed by atoms with Crippen LogP contribution in [-0.2, 0) is 0 Å². The molecule has 154 valence electrons. The molecule has 3 rings (SSSR count). The molecule has 0 N–H and O–H groups in total. The highest BCUT2D eigenvalue weighted by Crippen LogP contribution is 2.30. The van der Waals surface area contributed by atoms with Crippen molar-refractivity contribution in [3.05, 3.63) is 59.3 Å². The van der Waals surface area contributed by atoms with Gasteiger partial charge in [0.15, 0.2) is 0 Å². The average Bonchev–Trinajstić information content (AvgIpc) is 2.74. The smallest absolute Gasteiger partial charge is 0.0712 e. The second kappa shape index (κ2) is 14.2. The Bertz CT molecular complexity index is 743. The normalized spacial score (nSPS) is 16.9. The van der Waals surface area contributed by atoms with E-state index in [-0.39, 0.29) is 0 Å². The van der Waals surface area contributed by atoms with Crippen molar-refractivity contribution in [2.24, 2.45) is 0 Å². The zero-order valence-electron chi connectivity index (χ0n) is 18.8. The fourth-order valence-electron chi connectivity index (χ4n) is 4.06. The molecule has 0 spiro atoms. The van der Waals surface area contributed by atoms with Gasteiger partial charge in [-0.1, -0.05) is 103 Å². The topological polar surface area (TPSA) is 12.9 Å². The van der Waals surface area contributed by atoms with E-state index in [1.807, 2.05) is 45.9 Å². The minimum Gasteiger partial charge on any atom is -0.248 e. The zero-order valence-corrected chi connectivity index (χ0v) is 18.8. The summed E-state index contributed by atoms with van der Waals surface area (Å²) in [6, 6.07) is 2.33. The molecule has 1 saturated carbocycles. The zero-order chi connectivity index (χ0) is 20.8. The first kappa shape index (κ1) is 24.1. The van der Waals surface area contributed by atoms with Gasteiger partial charge in [0, 0.05) is 0 Å². The van der Waals surface area contributed by atoms with Crippen LogP contribution in [0.15, 0.2) is 37.5 Å². The Hall–Kier alpha value is -1.89. The van der Waals surface area contributed by atoms with Crippen molar-refractivity contribution in [3.63, 3.8) is 0 Å². The number of aromatic nitrogens is 1. The van der Waals surface area contributed by atoms with Crippen LogP contribution in [0.2, 0.25) is 0 Å². The summed E-state index contributed by atoms with van der Waals surface area (Å²) in [7, 11) is 0. The molecule has 0 saturated heterocycles. The van der Waals surface area contributed by atoms with Gasteiger partial charge in [-0.3, -0.25) is 0 Å². The van der Waals surface area contributed by atoms with Gasteiger partial charge in [0.25, 0.3) is 0 Å². The van der Waals surface area contributed by atoms with Crippen LogP contribution in [0.5, 0.6) is 0 Å². The maximum atomic E-state index is 4.93. The van der Waals surface area contributed by atoms with Crippen molar-refractivity contribution in [1.82, 2.24) is 4.98 Å². The van der Waals surface area contributed by atoms with Crippen LogP contribution in [0.4, 0.5) is 0 Å². The summed E-state index contributed by atoms with van der Waals surface area (Å²) in [5.74, 6) is 0.679. The van der Waals surface area contributed by atoms with Crippen LogP contribution < -0.4 is 10.6 Å². The number of allylic oxidation sites excluding steroid dienone is 4. The lowest BCUT2D eigenvalue weighted by atomic mass is 9.84. The van der Waals surface area contributed by atoms with Crippen LogP contribution in [0.3, 0.4) is 0 Å². The lowest BCUT2D eigenvalue weighted by Gasteiger charge is -2.22. The Labute approximate surface area is 173 Å². The molecule has 1 fully saturated rings. The van der Waals surface area contributed by atoms with Crippen LogP contribution in [-0.4, -0.2) is 4.98 Å². The number of hydrogen-bond donors (Lipinski definition) is 0. The van der Waals surface area contributed by atoms with E-state index in [0.717, 1.165) is 24.1 Å². The highest BCUT2D eigenvalue weighted by molar-refractivity contribution is 5.73. The number of fused-ring (bicyclic) bond motifs is 1. The molecular formula is C27H41N. The Balaban J connectivity index is 0.000000921. The van der Waals surface area contributed by atoms with E-state index in [1.165, 1.54) is 61.1 Å². The first-order valence-electron chi connectivity index (χ1n) is 11.5. The molecule has 0 radical (unpaired) electrons. The summed E-state index contributed by atoms with van der Waals surface area (Å²) in [5, 5.41) is 2.57. The second-order valence-corrected chi connectivity index (χ2v) is 6.99.